The minimum absolute atomic E-state index is 0.251. The summed E-state index contributed by atoms with van der Waals surface area (Å²) in [4.78, 5) is 6.73. The molecule has 0 radical (unpaired) electrons. The fraction of sp³-hybridized carbons (Fsp3) is 0.929. The van der Waals surface area contributed by atoms with Gasteiger partial charge in [-0.25, -0.2) is 0 Å². The molecule has 1 saturated heterocycles. The Balaban J connectivity index is 2.43. The zero-order valence-corrected chi connectivity index (χ0v) is 11.9. The van der Waals surface area contributed by atoms with E-state index in [1.54, 1.807) is 0 Å². The van der Waals surface area contributed by atoms with E-state index in [0.717, 1.165) is 44.8 Å². The molecule has 18 heavy (non-hydrogen) atoms. The molecule has 1 rings (SSSR count). The minimum Gasteiger partial charge on any atom is -0.396 e. The summed E-state index contributed by atoms with van der Waals surface area (Å²) in [5, 5.41) is 9.02. The van der Waals surface area contributed by atoms with Crippen LogP contribution in [-0.4, -0.2) is 42.2 Å². The maximum absolute atomic E-state index is 9.02. The van der Waals surface area contributed by atoms with Crippen LogP contribution in [0.5, 0.6) is 0 Å². The summed E-state index contributed by atoms with van der Waals surface area (Å²) in [5.74, 6) is 1.89. The molecule has 1 aliphatic rings. The Morgan fingerprint density at radius 2 is 2.28 bits per heavy atom. The second-order valence-electron chi connectivity index (χ2n) is 5.56. The van der Waals surface area contributed by atoms with E-state index < -0.39 is 0 Å². The van der Waals surface area contributed by atoms with Gasteiger partial charge in [-0.05, 0) is 37.5 Å². The second-order valence-corrected chi connectivity index (χ2v) is 5.56. The van der Waals surface area contributed by atoms with Crippen LogP contribution in [0.1, 0.15) is 46.0 Å². The summed E-state index contributed by atoms with van der Waals surface area (Å²) < 4.78 is 0. The van der Waals surface area contributed by atoms with E-state index in [-0.39, 0.29) is 6.61 Å². The number of rotatable bonds is 6. The molecule has 106 valence electrons. The molecule has 4 heteroatoms. The quantitative estimate of drug-likeness (QED) is 0.562. The van der Waals surface area contributed by atoms with Crippen molar-refractivity contribution in [3.63, 3.8) is 0 Å². The van der Waals surface area contributed by atoms with Crippen molar-refractivity contribution in [2.45, 2.75) is 46.0 Å². The Morgan fingerprint density at radius 3 is 2.89 bits per heavy atom. The van der Waals surface area contributed by atoms with Crippen LogP contribution in [0, 0.1) is 11.8 Å². The lowest BCUT2D eigenvalue weighted by atomic mass is 10.00. The maximum Gasteiger partial charge on any atom is 0.191 e. The lowest BCUT2D eigenvalue weighted by molar-refractivity contribution is 0.251. The van der Waals surface area contributed by atoms with E-state index >= 15 is 0 Å². The van der Waals surface area contributed by atoms with E-state index in [2.05, 4.69) is 23.7 Å². The number of likely N-dealkylation sites (tertiary alicyclic amines) is 1. The number of aliphatic hydroxyl groups is 1. The summed E-state index contributed by atoms with van der Waals surface area (Å²) in [6, 6.07) is 0. The smallest absolute Gasteiger partial charge is 0.191 e. The van der Waals surface area contributed by atoms with Crippen LogP contribution < -0.4 is 5.73 Å². The Kier molecular flexibility index (Phi) is 7.09. The molecule has 0 bridgehead atoms. The predicted molar refractivity (Wildman–Crippen MR) is 76.6 cm³/mol. The molecule has 0 aliphatic carbocycles. The van der Waals surface area contributed by atoms with Crippen LogP contribution in [0.15, 0.2) is 4.99 Å². The standard InChI is InChI=1S/C14H29N3O/c1-3-5-13(7-9-18)10-16-14(15)17-8-4-6-12(2)11-17/h12-13,18H,3-11H2,1-2H3,(H2,15,16). The highest BCUT2D eigenvalue weighted by Gasteiger charge is 2.17. The Morgan fingerprint density at radius 1 is 1.50 bits per heavy atom. The van der Waals surface area contributed by atoms with Gasteiger partial charge in [0.2, 0.25) is 0 Å². The molecule has 0 spiro atoms. The van der Waals surface area contributed by atoms with Crippen LogP contribution in [0.4, 0.5) is 0 Å². The topological polar surface area (TPSA) is 61.9 Å². The molecule has 0 aromatic rings. The van der Waals surface area contributed by atoms with E-state index in [1.807, 2.05) is 0 Å². The zero-order valence-electron chi connectivity index (χ0n) is 11.9. The fourth-order valence-electron chi connectivity index (χ4n) is 2.64. The highest BCUT2D eigenvalue weighted by molar-refractivity contribution is 5.78. The Hall–Kier alpha value is -0.770. The fourth-order valence-corrected chi connectivity index (χ4v) is 2.64. The third kappa shape index (κ3) is 5.25. The molecule has 0 saturated carbocycles. The third-order valence-corrected chi connectivity index (χ3v) is 3.73. The molecule has 2 unspecified atom stereocenters. The number of hydrogen-bond donors (Lipinski definition) is 2. The number of aliphatic hydroxyl groups excluding tert-OH is 1. The first kappa shape index (κ1) is 15.3. The van der Waals surface area contributed by atoms with E-state index in [1.165, 1.54) is 12.8 Å². The van der Waals surface area contributed by atoms with Crippen LogP contribution in [0.3, 0.4) is 0 Å². The summed E-state index contributed by atoms with van der Waals surface area (Å²) in [6.45, 7) is 7.52. The van der Waals surface area contributed by atoms with Gasteiger partial charge >= 0.3 is 0 Å². The number of aliphatic imine (C=N–C) groups is 1. The summed E-state index contributed by atoms with van der Waals surface area (Å²) >= 11 is 0. The van der Waals surface area contributed by atoms with Gasteiger partial charge < -0.3 is 15.7 Å². The predicted octanol–water partition coefficient (Wildman–Crippen LogP) is 1.83. The number of nitrogens with two attached hydrogens (primary N) is 1. The largest absolute Gasteiger partial charge is 0.396 e. The van der Waals surface area contributed by atoms with Crippen LogP contribution in [0.2, 0.25) is 0 Å². The van der Waals surface area contributed by atoms with Crippen LogP contribution >= 0.6 is 0 Å². The van der Waals surface area contributed by atoms with Gasteiger partial charge in [-0.2, -0.15) is 0 Å². The van der Waals surface area contributed by atoms with E-state index in [4.69, 9.17) is 10.8 Å². The van der Waals surface area contributed by atoms with Crippen molar-refractivity contribution < 1.29 is 5.11 Å². The maximum atomic E-state index is 9.02. The summed E-state index contributed by atoms with van der Waals surface area (Å²) in [7, 11) is 0. The molecule has 0 aromatic heterocycles. The van der Waals surface area contributed by atoms with Crippen molar-refractivity contribution >= 4 is 5.96 Å². The van der Waals surface area contributed by atoms with Gasteiger partial charge in [-0.1, -0.05) is 20.3 Å². The van der Waals surface area contributed by atoms with Gasteiger partial charge in [0.1, 0.15) is 0 Å². The van der Waals surface area contributed by atoms with Crippen molar-refractivity contribution in [2.75, 3.05) is 26.2 Å². The first-order chi connectivity index (χ1) is 8.67. The first-order valence-electron chi connectivity index (χ1n) is 7.33. The van der Waals surface area contributed by atoms with Crippen molar-refractivity contribution in [3.05, 3.63) is 0 Å². The minimum atomic E-state index is 0.251. The van der Waals surface area contributed by atoms with Crippen molar-refractivity contribution in [2.24, 2.45) is 22.6 Å². The Bertz CT molecular complexity index is 249. The average molecular weight is 255 g/mol. The van der Waals surface area contributed by atoms with Gasteiger partial charge in [0.05, 0.1) is 0 Å². The van der Waals surface area contributed by atoms with Gasteiger partial charge in [-0.3, -0.25) is 4.99 Å². The summed E-state index contributed by atoms with van der Waals surface area (Å²) in [6.07, 6.45) is 5.61. The van der Waals surface area contributed by atoms with Crippen molar-refractivity contribution in [3.8, 4) is 0 Å². The molecule has 1 fully saturated rings. The molecule has 2 atom stereocenters. The van der Waals surface area contributed by atoms with Gasteiger partial charge in [0.25, 0.3) is 0 Å². The van der Waals surface area contributed by atoms with Gasteiger partial charge in [0, 0.05) is 26.2 Å². The number of guanidine groups is 1. The second kappa shape index (κ2) is 8.35. The zero-order chi connectivity index (χ0) is 13.4. The monoisotopic (exact) mass is 255 g/mol. The molecule has 3 N–H and O–H groups in total. The highest BCUT2D eigenvalue weighted by Crippen LogP contribution is 2.16. The highest BCUT2D eigenvalue weighted by atomic mass is 16.3. The average Bonchev–Trinajstić information content (AvgIpc) is 2.36. The van der Waals surface area contributed by atoms with E-state index in [0.29, 0.717) is 11.9 Å². The molecule has 0 amide bonds. The first-order valence-corrected chi connectivity index (χ1v) is 7.33. The Labute approximate surface area is 111 Å². The lowest BCUT2D eigenvalue weighted by Crippen LogP contribution is -2.43. The molecule has 0 aromatic carbocycles. The lowest BCUT2D eigenvalue weighted by Gasteiger charge is -2.31. The van der Waals surface area contributed by atoms with Gasteiger partial charge in [-0.15, -0.1) is 0 Å². The normalized spacial score (nSPS) is 23.2. The van der Waals surface area contributed by atoms with Crippen LogP contribution in [-0.2, 0) is 0 Å². The van der Waals surface area contributed by atoms with Crippen molar-refractivity contribution in [1.82, 2.24) is 4.90 Å². The molecule has 1 heterocycles. The number of piperidine rings is 1. The summed E-state index contributed by atoms with van der Waals surface area (Å²) in [5.41, 5.74) is 6.06. The molecular formula is C14H29N3O. The van der Waals surface area contributed by atoms with Gasteiger partial charge in [0.15, 0.2) is 5.96 Å². The molecule has 4 nitrogen and oxygen atoms in total. The third-order valence-electron chi connectivity index (χ3n) is 3.73. The van der Waals surface area contributed by atoms with E-state index in [9.17, 15) is 0 Å². The number of nitrogens with zero attached hydrogens (tertiary/aromatic N) is 2. The van der Waals surface area contributed by atoms with Crippen LogP contribution in [0.25, 0.3) is 0 Å². The molecule has 1 aliphatic heterocycles. The number of hydrogen-bond acceptors (Lipinski definition) is 2. The molecular weight excluding hydrogens is 226 g/mol. The van der Waals surface area contributed by atoms with Crippen molar-refractivity contribution in [1.29, 1.82) is 0 Å². The SMILES string of the molecule is CCCC(CCO)CN=C(N)N1CCCC(C)C1.